The van der Waals surface area contributed by atoms with Crippen LogP contribution >= 0.6 is 0 Å². The fraction of sp³-hybridized carbons (Fsp3) is 0.286. The number of phenols is 2. The molecule has 4 heteroatoms. The fourth-order valence-electron chi connectivity index (χ4n) is 3.03. The molecule has 0 unspecified atom stereocenters. The highest BCUT2D eigenvalue weighted by atomic mass is 16.3. The maximum Gasteiger partial charge on any atom is 0.200 e. The summed E-state index contributed by atoms with van der Waals surface area (Å²) in [6.07, 6.45) is 1.42. The van der Waals surface area contributed by atoms with E-state index in [1.165, 1.54) is 18.4 Å². The Morgan fingerprint density at radius 2 is 1.52 bits per heavy atom. The summed E-state index contributed by atoms with van der Waals surface area (Å²) in [5.41, 5.74) is 2.99. The van der Waals surface area contributed by atoms with Gasteiger partial charge in [0, 0.05) is 6.07 Å². The van der Waals surface area contributed by atoms with Crippen LogP contribution in [-0.2, 0) is 0 Å². The van der Waals surface area contributed by atoms with Crippen molar-refractivity contribution in [3.05, 3.63) is 57.9 Å². The second-order valence-corrected chi connectivity index (χ2v) is 6.97. The Balaban J connectivity index is 2.29. The Kier molecular flexibility index (Phi) is 4.29. The van der Waals surface area contributed by atoms with Gasteiger partial charge in [0.25, 0.3) is 0 Å². The molecule has 0 aliphatic heterocycles. The molecule has 0 saturated heterocycles. The van der Waals surface area contributed by atoms with Crippen LogP contribution in [0.25, 0.3) is 22.1 Å². The minimum atomic E-state index is -0.156. The van der Waals surface area contributed by atoms with Crippen LogP contribution in [0.15, 0.2) is 45.8 Å². The van der Waals surface area contributed by atoms with Crippen molar-refractivity contribution in [1.29, 1.82) is 0 Å². The van der Waals surface area contributed by atoms with Crippen LogP contribution < -0.4 is 5.43 Å². The van der Waals surface area contributed by atoms with E-state index in [0.717, 1.165) is 16.7 Å². The molecule has 0 saturated carbocycles. The van der Waals surface area contributed by atoms with Crippen molar-refractivity contribution in [3.8, 4) is 22.6 Å². The molecule has 0 fully saturated rings. The normalized spacial score (nSPS) is 11.6. The van der Waals surface area contributed by atoms with Crippen molar-refractivity contribution in [3.63, 3.8) is 0 Å². The van der Waals surface area contributed by atoms with E-state index >= 15 is 0 Å². The molecule has 0 spiro atoms. The van der Waals surface area contributed by atoms with Crippen molar-refractivity contribution < 1.29 is 14.6 Å². The van der Waals surface area contributed by atoms with E-state index < -0.39 is 0 Å². The molecule has 0 amide bonds. The first-order valence-corrected chi connectivity index (χ1v) is 8.41. The van der Waals surface area contributed by atoms with Gasteiger partial charge in [-0.2, -0.15) is 0 Å². The zero-order chi connectivity index (χ0) is 18.3. The number of fused-ring (bicyclic) bond motifs is 1. The smallest absolute Gasteiger partial charge is 0.200 e. The third-order valence-corrected chi connectivity index (χ3v) is 4.48. The molecule has 3 aromatic rings. The van der Waals surface area contributed by atoms with Gasteiger partial charge in [0.2, 0.25) is 0 Å². The molecule has 0 radical (unpaired) electrons. The first-order valence-electron chi connectivity index (χ1n) is 8.41. The van der Waals surface area contributed by atoms with Gasteiger partial charge < -0.3 is 14.6 Å². The van der Waals surface area contributed by atoms with Gasteiger partial charge in [-0.1, -0.05) is 27.7 Å². The van der Waals surface area contributed by atoms with Gasteiger partial charge >= 0.3 is 0 Å². The number of aromatic hydroxyl groups is 2. The van der Waals surface area contributed by atoms with Crippen molar-refractivity contribution in [2.24, 2.45) is 0 Å². The highest BCUT2D eigenvalue weighted by Gasteiger charge is 2.18. The van der Waals surface area contributed by atoms with Gasteiger partial charge in [-0.15, -0.1) is 0 Å². The van der Waals surface area contributed by atoms with Crippen LogP contribution in [0.1, 0.15) is 50.7 Å². The molecular weight excluding hydrogens is 316 g/mol. The first kappa shape index (κ1) is 17.1. The summed E-state index contributed by atoms with van der Waals surface area (Å²) >= 11 is 0. The van der Waals surface area contributed by atoms with Crippen LogP contribution in [0.4, 0.5) is 0 Å². The quantitative estimate of drug-likeness (QED) is 0.695. The molecule has 3 rings (SSSR count). The van der Waals surface area contributed by atoms with E-state index in [0.29, 0.717) is 22.3 Å². The standard InChI is InChI=1S/C21H22O4/c1-11(2)16-7-13(8-17(12(3)4)21(16)24)18-10-25-19-9-14(22)5-6-15(19)20(18)23/h5-12,22,24H,1-4H3. The van der Waals surface area contributed by atoms with Crippen LogP contribution in [0.2, 0.25) is 0 Å². The monoisotopic (exact) mass is 338 g/mol. The highest BCUT2D eigenvalue weighted by molar-refractivity contribution is 5.83. The predicted octanol–water partition coefficient (Wildman–Crippen LogP) is 5.12. The summed E-state index contributed by atoms with van der Waals surface area (Å²) in [6, 6.07) is 8.16. The van der Waals surface area contributed by atoms with E-state index in [1.54, 1.807) is 6.07 Å². The minimum absolute atomic E-state index is 0.0530. The molecule has 4 nitrogen and oxygen atoms in total. The number of phenolic OH excluding ortho intramolecular Hbond substituents is 2. The molecule has 0 aliphatic carbocycles. The maximum atomic E-state index is 12.9. The minimum Gasteiger partial charge on any atom is -0.508 e. The van der Waals surface area contributed by atoms with Gasteiger partial charge in [-0.05, 0) is 52.8 Å². The SMILES string of the molecule is CC(C)c1cc(-c2coc3cc(O)ccc3c2=O)cc(C(C)C)c1O. The molecule has 0 atom stereocenters. The predicted molar refractivity (Wildman–Crippen MR) is 99.4 cm³/mol. The topological polar surface area (TPSA) is 70.7 Å². The average Bonchev–Trinajstić information content (AvgIpc) is 2.55. The van der Waals surface area contributed by atoms with Gasteiger partial charge in [0.05, 0.1) is 10.9 Å². The number of rotatable bonds is 3. The largest absolute Gasteiger partial charge is 0.508 e. The van der Waals surface area contributed by atoms with Crippen molar-refractivity contribution in [2.75, 3.05) is 0 Å². The number of benzene rings is 2. The van der Waals surface area contributed by atoms with Crippen molar-refractivity contribution >= 4 is 11.0 Å². The zero-order valence-electron chi connectivity index (χ0n) is 14.8. The summed E-state index contributed by atoms with van der Waals surface area (Å²) in [6.45, 7) is 8.03. The fourth-order valence-corrected chi connectivity index (χ4v) is 3.03. The first-order chi connectivity index (χ1) is 11.8. The Bertz CT molecular complexity index is 967. The lowest BCUT2D eigenvalue weighted by Gasteiger charge is -2.17. The van der Waals surface area contributed by atoms with Crippen molar-refractivity contribution in [1.82, 2.24) is 0 Å². The molecule has 1 heterocycles. The molecule has 0 aliphatic rings. The van der Waals surface area contributed by atoms with Crippen LogP contribution in [0.3, 0.4) is 0 Å². The highest BCUT2D eigenvalue weighted by Crippen LogP contribution is 2.37. The Morgan fingerprint density at radius 1 is 0.920 bits per heavy atom. The van der Waals surface area contributed by atoms with E-state index in [9.17, 15) is 15.0 Å². The average molecular weight is 338 g/mol. The lowest BCUT2D eigenvalue weighted by atomic mass is 9.89. The summed E-state index contributed by atoms with van der Waals surface area (Å²) in [5, 5.41) is 20.5. The Morgan fingerprint density at radius 3 is 2.08 bits per heavy atom. The van der Waals surface area contributed by atoms with Gasteiger partial charge in [0.1, 0.15) is 23.3 Å². The summed E-state index contributed by atoms with van der Waals surface area (Å²) < 4.78 is 5.57. The van der Waals surface area contributed by atoms with Crippen LogP contribution in [0.5, 0.6) is 11.5 Å². The third-order valence-electron chi connectivity index (χ3n) is 4.48. The Hall–Kier alpha value is -2.75. The molecule has 130 valence electrons. The van der Waals surface area contributed by atoms with Crippen LogP contribution in [0, 0.1) is 0 Å². The van der Waals surface area contributed by atoms with E-state index in [-0.39, 0.29) is 23.0 Å². The summed E-state index contributed by atoms with van der Waals surface area (Å²) in [7, 11) is 0. The molecule has 1 aromatic heterocycles. The summed E-state index contributed by atoms with van der Waals surface area (Å²) in [5.74, 6) is 0.602. The van der Waals surface area contributed by atoms with E-state index in [2.05, 4.69) is 0 Å². The number of hydrogen-bond acceptors (Lipinski definition) is 4. The van der Waals surface area contributed by atoms with E-state index in [4.69, 9.17) is 4.42 Å². The molecule has 2 aromatic carbocycles. The maximum absolute atomic E-state index is 12.9. The third kappa shape index (κ3) is 3.00. The van der Waals surface area contributed by atoms with Gasteiger partial charge in [-0.3, -0.25) is 4.79 Å². The number of hydrogen-bond donors (Lipinski definition) is 2. The van der Waals surface area contributed by atoms with Gasteiger partial charge in [0.15, 0.2) is 5.43 Å². The molecule has 25 heavy (non-hydrogen) atoms. The second kappa shape index (κ2) is 6.28. The lowest BCUT2D eigenvalue weighted by Crippen LogP contribution is -2.06. The van der Waals surface area contributed by atoms with Crippen LogP contribution in [-0.4, -0.2) is 10.2 Å². The summed E-state index contributed by atoms with van der Waals surface area (Å²) in [4.78, 5) is 12.9. The molecule has 0 bridgehead atoms. The molecular formula is C21H22O4. The van der Waals surface area contributed by atoms with E-state index in [1.807, 2.05) is 39.8 Å². The Labute approximate surface area is 146 Å². The molecule has 2 N–H and O–H groups in total. The second-order valence-electron chi connectivity index (χ2n) is 6.97. The van der Waals surface area contributed by atoms with Gasteiger partial charge in [-0.25, -0.2) is 0 Å². The zero-order valence-corrected chi connectivity index (χ0v) is 14.8. The lowest BCUT2D eigenvalue weighted by molar-refractivity contribution is 0.454. The van der Waals surface area contributed by atoms with Crippen molar-refractivity contribution in [2.45, 2.75) is 39.5 Å².